The molecule has 0 spiro atoms. The number of hydrogen-bond donors (Lipinski definition) is 0. The standard InChI is InChI=1S/C27H29F5/c1-3-4-5-18-6-9-21(10-7-18)17(2)12-20-15-23(28)22(24(29)16-20)11-8-19-13-25(30)27(32)26(31)14-19/h13-18,21H,3-7,9-10,12H2,1-2H3. The maximum absolute atomic E-state index is 14.5. The minimum Gasteiger partial charge on any atom is -0.206 e. The van der Waals surface area contributed by atoms with Gasteiger partial charge >= 0.3 is 0 Å². The summed E-state index contributed by atoms with van der Waals surface area (Å²) in [6, 6.07) is 3.94. The van der Waals surface area contributed by atoms with Crippen LogP contribution in [0.15, 0.2) is 24.3 Å². The molecule has 0 heterocycles. The van der Waals surface area contributed by atoms with Gasteiger partial charge in [-0.2, -0.15) is 0 Å². The number of rotatable bonds is 6. The Bertz CT molecular complexity index is 947. The lowest BCUT2D eigenvalue weighted by Gasteiger charge is -2.32. The molecule has 5 heteroatoms. The quantitative estimate of drug-likeness (QED) is 0.239. The van der Waals surface area contributed by atoms with Gasteiger partial charge in [0, 0.05) is 5.56 Å². The maximum Gasteiger partial charge on any atom is 0.194 e. The summed E-state index contributed by atoms with van der Waals surface area (Å²) >= 11 is 0. The summed E-state index contributed by atoms with van der Waals surface area (Å²) < 4.78 is 68.7. The summed E-state index contributed by atoms with van der Waals surface area (Å²) in [4.78, 5) is 0. The zero-order chi connectivity index (χ0) is 23.3. The highest BCUT2D eigenvalue weighted by atomic mass is 19.2. The molecule has 1 atom stereocenters. The molecule has 0 aromatic heterocycles. The first-order valence-electron chi connectivity index (χ1n) is 11.4. The fraction of sp³-hybridized carbons (Fsp3) is 0.481. The van der Waals surface area contributed by atoms with E-state index in [9.17, 15) is 22.0 Å². The monoisotopic (exact) mass is 448 g/mol. The van der Waals surface area contributed by atoms with Crippen LogP contribution in [0.3, 0.4) is 0 Å². The molecular weight excluding hydrogens is 419 g/mol. The fourth-order valence-corrected chi connectivity index (χ4v) is 4.70. The number of halogens is 5. The van der Waals surface area contributed by atoms with Gasteiger partial charge in [0.25, 0.3) is 0 Å². The summed E-state index contributed by atoms with van der Waals surface area (Å²) in [5.74, 6) is 0.234. The van der Waals surface area contributed by atoms with Crippen LogP contribution in [0.25, 0.3) is 0 Å². The summed E-state index contributed by atoms with van der Waals surface area (Å²) in [7, 11) is 0. The van der Waals surface area contributed by atoms with Crippen molar-refractivity contribution < 1.29 is 22.0 Å². The highest BCUT2D eigenvalue weighted by molar-refractivity contribution is 5.45. The van der Waals surface area contributed by atoms with Crippen molar-refractivity contribution >= 4 is 0 Å². The Labute approximate surface area is 187 Å². The highest BCUT2D eigenvalue weighted by Gasteiger charge is 2.25. The third kappa shape index (κ3) is 6.12. The Morgan fingerprint density at radius 3 is 2.00 bits per heavy atom. The van der Waals surface area contributed by atoms with Gasteiger partial charge in [0.2, 0.25) is 0 Å². The van der Waals surface area contributed by atoms with Gasteiger partial charge in [0.1, 0.15) is 11.6 Å². The van der Waals surface area contributed by atoms with Crippen molar-refractivity contribution in [1.82, 2.24) is 0 Å². The van der Waals surface area contributed by atoms with Gasteiger partial charge < -0.3 is 0 Å². The minimum absolute atomic E-state index is 0.201. The van der Waals surface area contributed by atoms with Gasteiger partial charge in [-0.05, 0) is 66.8 Å². The van der Waals surface area contributed by atoms with Crippen molar-refractivity contribution in [3.8, 4) is 11.8 Å². The first kappa shape index (κ1) is 24.3. The van der Waals surface area contributed by atoms with E-state index in [1.807, 2.05) is 0 Å². The SMILES string of the molecule is CCCCC1CCC(C(C)Cc2cc(F)c(C#Cc3cc(F)c(F)c(F)c3)c(F)c2)CC1. The smallest absolute Gasteiger partial charge is 0.194 e. The molecule has 1 saturated carbocycles. The second kappa shape index (κ2) is 11.0. The summed E-state index contributed by atoms with van der Waals surface area (Å²) in [6.45, 7) is 4.35. The van der Waals surface area contributed by atoms with Gasteiger partial charge in [-0.3, -0.25) is 0 Å². The normalized spacial score (nSPS) is 19.3. The average Bonchev–Trinajstić information content (AvgIpc) is 2.75. The van der Waals surface area contributed by atoms with Gasteiger partial charge in [0.15, 0.2) is 17.5 Å². The van der Waals surface area contributed by atoms with Crippen molar-refractivity contribution in [3.63, 3.8) is 0 Å². The molecule has 1 fully saturated rings. The predicted octanol–water partition coefficient (Wildman–Crippen LogP) is 7.96. The zero-order valence-electron chi connectivity index (χ0n) is 18.6. The van der Waals surface area contributed by atoms with Crippen LogP contribution in [0.1, 0.15) is 75.5 Å². The van der Waals surface area contributed by atoms with Crippen LogP contribution in [0, 0.1) is 58.7 Å². The molecule has 0 nitrogen and oxygen atoms in total. The third-order valence-corrected chi connectivity index (χ3v) is 6.64. The van der Waals surface area contributed by atoms with Gasteiger partial charge in [0.05, 0.1) is 5.56 Å². The molecule has 32 heavy (non-hydrogen) atoms. The number of hydrogen-bond acceptors (Lipinski definition) is 0. The molecule has 2 aromatic rings. The van der Waals surface area contributed by atoms with Gasteiger partial charge in [-0.25, -0.2) is 22.0 Å². The summed E-state index contributed by atoms with van der Waals surface area (Å²) in [6.07, 6.45) is 9.18. The molecule has 3 rings (SSSR count). The molecule has 0 bridgehead atoms. The summed E-state index contributed by atoms with van der Waals surface area (Å²) in [5, 5.41) is 0. The average molecular weight is 449 g/mol. The van der Waals surface area contributed by atoms with Crippen LogP contribution in [-0.2, 0) is 6.42 Å². The zero-order valence-corrected chi connectivity index (χ0v) is 18.6. The highest BCUT2D eigenvalue weighted by Crippen LogP contribution is 2.37. The molecule has 1 aliphatic carbocycles. The van der Waals surface area contributed by atoms with Gasteiger partial charge in [-0.1, -0.05) is 57.8 Å². The van der Waals surface area contributed by atoms with E-state index in [4.69, 9.17) is 0 Å². The van der Waals surface area contributed by atoms with E-state index in [0.29, 0.717) is 36.0 Å². The fourth-order valence-electron chi connectivity index (χ4n) is 4.70. The van der Waals surface area contributed by atoms with Crippen LogP contribution >= 0.6 is 0 Å². The van der Waals surface area contributed by atoms with E-state index in [1.54, 1.807) is 0 Å². The van der Waals surface area contributed by atoms with Crippen LogP contribution in [-0.4, -0.2) is 0 Å². The van der Waals surface area contributed by atoms with E-state index < -0.39 is 34.6 Å². The Morgan fingerprint density at radius 1 is 0.844 bits per heavy atom. The number of benzene rings is 2. The van der Waals surface area contributed by atoms with E-state index in [2.05, 4.69) is 25.7 Å². The largest absolute Gasteiger partial charge is 0.206 e. The van der Waals surface area contributed by atoms with E-state index >= 15 is 0 Å². The molecule has 1 unspecified atom stereocenters. The predicted molar refractivity (Wildman–Crippen MR) is 116 cm³/mol. The maximum atomic E-state index is 14.5. The minimum atomic E-state index is -1.61. The van der Waals surface area contributed by atoms with E-state index in [1.165, 1.54) is 44.2 Å². The first-order valence-corrected chi connectivity index (χ1v) is 11.4. The lowest BCUT2D eigenvalue weighted by Crippen LogP contribution is -2.21. The topological polar surface area (TPSA) is 0 Å². The van der Waals surface area contributed by atoms with Gasteiger partial charge in [-0.15, -0.1) is 0 Å². The Hall–Kier alpha value is -2.35. The second-order valence-corrected chi connectivity index (χ2v) is 9.04. The Kier molecular flexibility index (Phi) is 8.34. The molecule has 0 radical (unpaired) electrons. The molecule has 1 aliphatic rings. The molecule has 0 N–H and O–H groups in total. The van der Waals surface area contributed by atoms with Crippen LogP contribution in [0.5, 0.6) is 0 Å². The van der Waals surface area contributed by atoms with Crippen molar-refractivity contribution in [2.45, 2.75) is 65.2 Å². The molecule has 0 amide bonds. The molecule has 0 aliphatic heterocycles. The van der Waals surface area contributed by atoms with Crippen LogP contribution in [0.2, 0.25) is 0 Å². The van der Waals surface area contributed by atoms with Crippen molar-refractivity contribution in [1.29, 1.82) is 0 Å². The lowest BCUT2D eigenvalue weighted by atomic mass is 9.73. The Morgan fingerprint density at radius 2 is 1.44 bits per heavy atom. The third-order valence-electron chi connectivity index (χ3n) is 6.64. The summed E-state index contributed by atoms with van der Waals surface area (Å²) in [5.41, 5.74) is -0.0968. The number of unbranched alkanes of at least 4 members (excludes halogenated alkanes) is 1. The van der Waals surface area contributed by atoms with Crippen molar-refractivity contribution in [2.24, 2.45) is 17.8 Å². The molecule has 0 saturated heterocycles. The molecule has 172 valence electrons. The van der Waals surface area contributed by atoms with E-state index in [-0.39, 0.29) is 5.56 Å². The first-order chi connectivity index (χ1) is 15.3. The second-order valence-electron chi connectivity index (χ2n) is 9.04. The van der Waals surface area contributed by atoms with E-state index in [0.717, 1.165) is 18.8 Å². The Balaban J connectivity index is 1.66. The van der Waals surface area contributed by atoms with Crippen molar-refractivity contribution in [2.75, 3.05) is 0 Å². The van der Waals surface area contributed by atoms with Crippen molar-refractivity contribution in [3.05, 3.63) is 70.0 Å². The lowest BCUT2D eigenvalue weighted by molar-refractivity contribution is 0.204. The molecule has 2 aromatic carbocycles. The van der Waals surface area contributed by atoms with Crippen LogP contribution < -0.4 is 0 Å². The van der Waals surface area contributed by atoms with Crippen LogP contribution in [0.4, 0.5) is 22.0 Å². The molecular formula is C27H29F5.